The second kappa shape index (κ2) is 11.1. The molecule has 1 saturated carbocycles. The third kappa shape index (κ3) is 5.91. The van der Waals surface area contributed by atoms with Gasteiger partial charge in [0.15, 0.2) is 5.82 Å². The van der Waals surface area contributed by atoms with Gasteiger partial charge in [0.05, 0.1) is 11.2 Å². The SMILES string of the molecule is CN(C)C1CCN(C(=O)C2CCC(Nc3ncc4ncnc(Nc5ccc(F)c(Cl)c5)c4n3)CC2)CC1. The van der Waals surface area contributed by atoms with Crippen LogP contribution in [0.5, 0.6) is 0 Å². The molecule has 2 aliphatic rings. The number of hydrogen-bond acceptors (Lipinski definition) is 8. The van der Waals surface area contributed by atoms with Crippen LogP contribution in [0.3, 0.4) is 0 Å². The molecule has 2 N–H and O–H groups in total. The second-order valence-electron chi connectivity index (χ2n) is 10.1. The van der Waals surface area contributed by atoms with E-state index >= 15 is 0 Å². The van der Waals surface area contributed by atoms with Gasteiger partial charge in [0, 0.05) is 36.8 Å². The van der Waals surface area contributed by atoms with Crippen LogP contribution in [0, 0.1) is 11.7 Å². The van der Waals surface area contributed by atoms with Crippen LogP contribution >= 0.6 is 11.6 Å². The number of halogens is 2. The molecular weight excluding hydrogens is 495 g/mol. The molecule has 3 heterocycles. The number of anilines is 3. The first kappa shape index (κ1) is 25.5. The average molecular weight is 527 g/mol. The Morgan fingerprint density at radius 1 is 1.08 bits per heavy atom. The monoisotopic (exact) mass is 526 g/mol. The maximum absolute atomic E-state index is 13.5. The standard InChI is InChI=1S/C26H32ClFN8O/c1-35(2)19-9-11-36(12-10-19)25(37)16-3-5-17(6-4-16)33-26-29-14-22-23(34-26)24(31-15-30-22)32-18-7-8-21(28)20(27)13-18/h7-8,13-17,19H,3-6,9-12H2,1-2H3,(H,29,33,34)(H,30,31,32). The van der Waals surface area contributed by atoms with Gasteiger partial charge in [0.25, 0.3) is 0 Å². The minimum absolute atomic E-state index is 0.0208. The van der Waals surface area contributed by atoms with E-state index in [1.165, 1.54) is 18.5 Å². The molecule has 0 atom stereocenters. The van der Waals surface area contributed by atoms with Crippen LogP contribution in [0.1, 0.15) is 38.5 Å². The van der Waals surface area contributed by atoms with Crippen molar-refractivity contribution < 1.29 is 9.18 Å². The zero-order valence-electron chi connectivity index (χ0n) is 21.1. The molecule has 2 fully saturated rings. The third-order valence-corrected chi connectivity index (χ3v) is 7.77. The number of fused-ring (bicyclic) bond motifs is 1. The molecule has 11 heteroatoms. The smallest absolute Gasteiger partial charge is 0.225 e. The molecule has 2 aromatic heterocycles. The fraction of sp³-hybridized carbons (Fsp3) is 0.500. The summed E-state index contributed by atoms with van der Waals surface area (Å²) in [7, 11) is 4.23. The molecule has 3 aromatic rings. The van der Waals surface area contributed by atoms with E-state index in [1.54, 1.807) is 12.3 Å². The largest absolute Gasteiger partial charge is 0.351 e. The third-order valence-electron chi connectivity index (χ3n) is 7.48. The van der Waals surface area contributed by atoms with Crippen molar-refractivity contribution in [3.05, 3.63) is 41.6 Å². The molecular formula is C26H32ClFN8O. The second-order valence-corrected chi connectivity index (χ2v) is 10.5. The van der Waals surface area contributed by atoms with Gasteiger partial charge in [-0.1, -0.05) is 11.6 Å². The minimum atomic E-state index is -0.487. The van der Waals surface area contributed by atoms with E-state index < -0.39 is 5.82 Å². The summed E-state index contributed by atoms with van der Waals surface area (Å²) < 4.78 is 13.5. The molecule has 0 unspecified atom stereocenters. The maximum atomic E-state index is 13.5. The summed E-state index contributed by atoms with van der Waals surface area (Å²) in [5.41, 5.74) is 1.72. The van der Waals surface area contributed by atoms with Crippen molar-refractivity contribution in [1.82, 2.24) is 29.7 Å². The summed E-state index contributed by atoms with van der Waals surface area (Å²) in [6, 6.07) is 5.14. The number of amides is 1. The maximum Gasteiger partial charge on any atom is 0.225 e. The number of hydrogen-bond donors (Lipinski definition) is 2. The van der Waals surface area contributed by atoms with Crippen LogP contribution in [-0.2, 0) is 4.79 Å². The lowest BCUT2D eigenvalue weighted by molar-refractivity contribution is -0.138. The lowest BCUT2D eigenvalue weighted by atomic mass is 9.84. The normalized spacial score (nSPS) is 20.8. The van der Waals surface area contributed by atoms with Gasteiger partial charge < -0.3 is 20.4 Å². The number of piperidine rings is 1. The highest BCUT2D eigenvalue weighted by molar-refractivity contribution is 6.31. The summed E-state index contributed by atoms with van der Waals surface area (Å²) in [5.74, 6) is 0.886. The summed E-state index contributed by atoms with van der Waals surface area (Å²) >= 11 is 5.91. The van der Waals surface area contributed by atoms with Crippen LogP contribution in [0.15, 0.2) is 30.7 Å². The molecule has 0 radical (unpaired) electrons. The Balaban J connectivity index is 1.20. The van der Waals surface area contributed by atoms with Gasteiger partial charge in [-0.25, -0.2) is 24.3 Å². The highest BCUT2D eigenvalue weighted by Gasteiger charge is 2.32. The minimum Gasteiger partial charge on any atom is -0.351 e. The highest BCUT2D eigenvalue weighted by atomic mass is 35.5. The van der Waals surface area contributed by atoms with Crippen molar-refractivity contribution in [1.29, 1.82) is 0 Å². The van der Waals surface area contributed by atoms with Crippen LogP contribution in [0.2, 0.25) is 5.02 Å². The molecule has 1 aromatic carbocycles. The quantitative estimate of drug-likeness (QED) is 0.485. The number of carbonyl (C=O) groups excluding carboxylic acids is 1. The number of rotatable bonds is 6. The van der Waals surface area contributed by atoms with E-state index in [2.05, 4.69) is 54.5 Å². The Morgan fingerprint density at radius 2 is 1.84 bits per heavy atom. The van der Waals surface area contributed by atoms with Crippen molar-refractivity contribution >= 4 is 46.0 Å². The Labute approximate surface area is 220 Å². The van der Waals surface area contributed by atoms with Crippen molar-refractivity contribution in [3.63, 3.8) is 0 Å². The fourth-order valence-corrected chi connectivity index (χ4v) is 5.43. The van der Waals surface area contributed by atoms with Gasteiger partial charge in [-0.15, -0.1) is 0 Å². The molecule has 0 spiro atoms. The van der Waals surface area contributed by atoms with E-state index in [1.807, 2.05) is 0 Å². The number of nitrogens with one attached hydrogen (secondary N) is 2. The molecule has 196 valence electrons. The number of nitrogens with zero attached hydrogens (tertiary/aromatic N) is 6. The lowest BCUT2D eigenvalue weighted by Gasteiger charge is -2.38. The van der Waals surface area contributed by atoms with Gasteiger partial charge >= 0.3 is 0 Å². The topological polar surface area (TPSA) is 99.2 Å². The van der Waals surface area contributed by atoms with E-state index in [9.17, 15) is 9.18 Å². The first-order chi connectivity index (χ1) is 17.9. The van der Waals surface area contributed by atoms with Crippen molar-refractivity contribution in [2.24, 2.45) is 5.92 Å². The van der Waals surface area contributed by atoms with Gasteiger partial charge in [-0.2, -0.15) is 0 Å². The Morgan fingerprint density at radius 3 is 2.54 bits per heavy atom. The van der Waals surface area contributed by atoms with Crippen molar-refractivity contribution in [2.45, 2.75) is 50.6 Å². The molecule has 1 amide bonds. The van der Waals surface area contributed by atoms with Gasteiger partial charge in [-0.05, 0) is 70.8 Å². The Hall–Kier alpha value is -3.11. The highest BCUT2D eigenvalue weighted by Crippen LogP contribution is 2.30. The summed E-state index contributed by atoms with van der Waals surface area (Å²) in [6.45, 7) is 1.71. The molecule has 1 saturated heterocycles. The number of carbonyl (C=O) groups is 1. The number of aromatic nitrogens is 4. The summed E-state index contributed by atoms with van der Waals surface area (Å²) in [4.78, 5) is 35.1. The van der Waals surface area contributed by atoms with Gasteiger partial charge in [0.2, 0.25) is 11.9 Å². The molecule has 9 nitrogen and oxygen atoms in total. The molecule has 5 rings (SSSR count). The predicted molar refractivity (Wildman–Crippen MR) is 142 cm³/mol. The summed E-state index contributed by atoms with van der Waals surface area (Å²) in [6.07, 6.45) is 8.66. The van der Waals surface area contributed by atoms with Crippen LogP contribution < -0.4 is 10.6 Å². The number of likely N-dealkylation sites (tertiary alicyclic amines) is 1. The zero-order chi connectivity index (χ0) is 25.9. The van der Waals surface area contributed by atoms with E-state index in [0.717, 1.165) is 51.6 Å². The molecule has 1 aliphatic carbocycles. The first-order valence-corrected chi connectivity index (χ1v) is 13.2. The Bertz CT molecular complexity index is 1260. The van der Waals surface area contributed by atoms with Crippen LogP contribution in [-0.4, -0.2) is 74.9 Å². The van der Waals surface area contributed by atoms with Gasteiger partial charge in [0.1, 0.15) is 23.2 Å². The predicted octanol–water partition coefficient (Wildman–Crippen LogP) is 4.48. The molecule has 37 heavy (non-hydrogen) atoms. The van der Waals surface area contributed by atoms with E-state index in [0.29, 0.717) is 40.4 Å². The average Bonchev–Trinajstić information content (AvgIpc) is 2.91. The van der Waals surface area contributed by atoms with Crippen LogP contribution in [0.4, 0.5) is 21.8 Å². The summed E-state index contributed by atoms with van der Waals surface area (Å²) in [5, 5.41) is 6.59. The zero-order valence-corrected chi connectivity index (χ0v) is 21.9. The van der Waals surface area contributed by atoms with Crippen molar-refractivity contribution in [3.8, 4) is 0 Å². The molecule has 1 aliphatic heterocycles. The van der Waals surface area contributed by atoms with Crippen LogP contribution in [0.25, 0.3) is 11.0 Å². The van der Waals surface area contributed by atoms with E-state index in [-0.39, 0.29) is 17.0 Å². The van der Waals surface area contributed by atoms with Gasteiger partial charge in [-0.3, -0.25) is 4.79 Å². The fourth-order valence-electron chi connectivity index (χ4n) is 5.25. The molecule has 0 bridgehead atoms. The first-order valence-electron chi connectivity index (χ1n) is 12.8. The van der Waals surface area contributed by atoms with Crippen molar-refractivity contribution in [2.75, 3.05) is 37.8 Å². The van der Waals surface area contributed by atoms with E-state index in [4.69, 9.17) is 11.6 Å². The lowest BCUT2D eigenvalue weighted by Crippen LogP contribution is -2.47. The Kier molecular flexibility index (Phi) is 7.66. The number of benzene rings is 1.